The lowest BCUT2D eigenvalue weighted by molar-refractivity contribution is 0.0988. The van der Waals surface area contributed by atoms with Gasteiger partial charge in [0.25, 0.3) is 5.91 Å². The van der Waals surface area contributed by atoms with Crippen LogP contribution in [0.5, 0.6) is 0 Å². The Kier molecular flexibility index (Phi) is 4.30. The van der Waals surface area contributed by atoms with Gasteiger partial charge in [0, 0.05) is 25.5 Å². The third-order valence-corrected chi connectivity index (χ3v) is 2.95. The lowest BCUT2D eigenvalue weighted by atomic mass is 10.2. The van der Waals surface area contributed by atoms with Crippen LogP contribution in [0.2, 0.25) is 0 Å². The van der Waals surface area contributed by atoms with E-state index in [2.05, 4.69) is 10.3 Å². The number of aromatic nitrogens is 1. The number of carbonyl (C=O) groups is 1. The predicted molar refractivity (Wildman–Crippen MR) is 77.5 cm³/mol. The summed E-state index contributed by atoms with van der Waals surface area (Å²) in [5.41, 5.74) is 1.00. The van der Waals surface area contributed by atoms with Crippen LogP contribution < -0.4 is 10.2 Å². The van der Waals surface area contributed by atoms with Crippen molar-refractivity contribution in [2.75, 3.05) is 23.8 Å². The molecule has 0 unspecified atom stereocenters. The number of rotatable bonds is 4. The number of hydrogen-bond acceptors (Lipinski definition) is 3. The molecule has 1 N–H and O–H groups in total. The van der Waals surface area contributed by atoms with Crippen LogP contribution >= 0.6 is 0 Å². The Morgan fingerprint density at radius 2 is 2.15 bits per heavy atom. The van der Waals surface area contributed by atoms with Gasteiger partial charge in [0.1, 0.15) is 11.6 Å². The fraction of sp³-hybridized carbons (Fsp3) is 0.200. The minimum atomic E-state index is -0.364. The van der Waals surface area contributed by atoms with Gasteiger partial charge in [-0.25, -0.2) is 9.37 Å². The Hall–Kier alpha value is -2.43. The Bertz CT molecular complexity index is 598. The van der Waals surface area contributed by atoms with Gasteiger partial charge in [0.05, 0.1) is 5.56 Å². The zero-order valence-electron chi connectivity index (χ0n) is 11.4. The molecule has 0 aliphatic rings. The van der Waals surface area contributed by atoms with Gasteiger partial charge >= 0.3 is 0 Å². The Labute approximate surface area is 117 Å². The molecule has 0 radical (unpaired) electrons. The molecule has 2 aromatic rings. The molecule has 1 aromatic carbocycles. The van der Waals surface area contributed by atoms with Crippen LogP contribution in [0.4, 0.5) is 15.9 Å². The van der Waals surface area contributed by atoms with Crippen molar-refractivity contribution in [2.45, 2.75) is 6.92 Å². The van der Waals surface area contributed by atoms with E-state index < -0.39 is 0 Å². The lowest BCUT2D eigenvalue weighted by Gasteiger charge is -2.21. The number of nitrogens with zero attached hydrogens (tertiary/aromatic N) is 2. The van der Waals surface area contributed by atoms with Crippen LogP contribution in [0.25, 0.3) is 0 Å². The summed E-state index contributed by atoms with van der Waals surface area (Å²) >= 11 is 0. The zero-order valence-corrected chi connectivity index (χ0v) is 11.4. The molecule has 104 valence electrons. The van der Waals surface area contributed by atoms with Crippen molar-refractivity contribution >= 4 is 17.4 Å². The van der Waals surface area contributed by atoms with E-state index in [1.165, 1.54) is 23.2 Å². The maximum atomic E-state index is 13.3. The van der Waals surface area contributed by atoms with Gasteiger partial charge in [0.15, 0.2) is 0 Å². The van der Waals surface area contributed by atoms with Crippen molar-refractivity contribution in [3.8, 4) is 0 Å². The second kappa shape index (κ2) is 6.14. The molecule has 0 aliphatic carbocycles. The normalized spacial score (nSPS) is 10.2. The van der Waals surface area contributed by atoms with Crippen LogP contribution in [-0.4, -0.2) is 24.5 Å². The highest BCUT2D eigenvalue weighted by molar-refractivity contribution is 6.05. The molecule has 0 fully saturated rings. The maximum absolute atomic E-state index is 13.3. The van der Waals surface area contributed by atoms with Crippen molar-refractivity contribution in [2.24, 2.45) is 0 Å². The van der Waals surface area contributed by atoms with E-state index in [0.29, 0.717) is 23.6 Å². The molecule has 20 heavy (non-hydrogen) atoms. The second-order valence-electron chi connectivity index (χ2n) is 4.21. The van der Waals surface area contributed by atoms with Crippen LogP contribution in [0, 0.1) is 5.82 Å². The molecule has 1 amide bonds. The quantitative estimate of drug-likeness (QED) is 0.931. The van der Waals surface area contributed by atoms with Crippen molar-refractivity contribution in [1.29, 1.82) is 0 Å². The third kappa shape index (κ3) is 2.93. The van der Waals surface area contributed by atoms with Crippen LogP contribution in [0.3, 0.4) is 0 Å². The van der Waals surface area contributed by atoms with Gasteiger partial charge in [-0.2, -0.15) is 0 Å². The minimum absolute atomic E-state index is 0.201. The summed E-state index contributed by atoms with van der Waals surface area (Å²) in [4.78, 5) is 18.1. The van der Waals surface area contributed by atoms with Gasteiger partial charge < -0.3 is 10.2 Å². The van der Waals surface area contributed by atoms with Gasteiger partial charge in [-0.1, -0.05) is 6.07 Å². The van der Waals surface area contributed by atoms with Crippen molar-refractivity contribution in [1.82, 2.24) is 4.98 Å². The predicted octanol–water partition coefficient (Wildman–Crippen LogP) is 2.93. The Morgan fingerprint density at radius 3 is 2.70 bits per heavy atom. The van der Waals surface area contributed by atoms with E-state index in [1.807, 2.05) is 6.92 Å². The molecule has 1 heterocycles. The van der Waals surface area contributed by atoms with E-state index in [4.69, 9.17) is 0 Å². The molecule has 0 saturated carbocycles. The number of carbonyl (C=O) groups excluding carboxylic acids is 1. The standard InChI is InChI=1S/C15H16FN3O/c1-3-19(13-6-4-5-12(16)9-13)15(20)11-7-8-14(17-2)18-10-11/h4-10H,3H2,1-2H3,(H,17,18). The summed E-state index contributed by atoms with van der Waals surface area (Å²) < 4.78 is 13.3. The summed E-state index contributed by atoms with van der Waals surface area (Å²) in [6.45, 7) is 2.30. The number of nitrogens with one attached hydrogen (secondary N) is 1. The number of hydrogen-bond donors (Lipinski definition) is 1. The molecule has 2 rings (SSSR count). The first-order valence-corrected chi connectivity index (χ1v) is 6.37. The topological polar surface area (TPSA) is 45.2 Å². The summed E-state index contributed by atoms with van der Waals surface area (Å²) in [7, 11) is 1.76. The molecule has 0 atom stereocenters. The van der Waals surface area contributed by atoms with Gasteiger partial charge in [0.2, 0.25) is 0 Å². The number of benzene rings is 1. The SMILES string of the molecule is CCN(C(=O)c1ccc(NC)nc1)c1cccc(F)c1. The van der Waals surface area contributed by atoms with E-state index >= 15 is 0 Å². The van der Waals surface area contributed by atoms with Gasteiger partial charge in [-0.15, -0.1) is 0 Å². The Morgan fingerprint density at radius 1 is 1.35 bits per heavy atom. The first kappa shape index (κ1) is 14.0. The number of halogens is 1. The largest absolute Gasteiger partial charge is 0.373 e. The summed E-state index contributed by atoms with van der Waals surface area (Å²) in [5.74, 6) is 0.126. The van der Waals surface area contributed by atoms with E-state index in [1.54, 1.807) is 31.3 Å². The van der Waals surface area contributed by atoms with Crippen LogP contribution in [0.1, 0.15) is 17.3 Å². The summed E-state index contributed by atoms with van der Waals surface area (Å²) in [6.07, 6.45) is 1.51. The molecular weight excluding hydrogens is 257 g/mol. The van der Waals surface area contributed by atoms with Crippen molar-refractivity contribution in [3.05, 3.63) is 54.0 Å². The summed E-state index contributed by atoms with van der Waals surface area (Å²) in [6, 6.07) is 9.42. The average Bonchev–Trinajstić information content (AvgIpc) is 2.48. The highest BCUT2D eigenvalue weighted by Gasteiger charge is 2.16. The fourth-order valence-electron chi connectivity index (χ4n) is 1.91. The van der Waals surface area contributed by atoms with E-state index in [9.17, 15) is 9.18 Å². The molecule has 0 aliphatic heterocycles. The smallest absolute Gasteiger partial charge is 0.259 e. The lowest BCUT2D eigenvalue weighted by Crippen LogP contribution is -2.30. The molecule has 5 heteroatoms. The molecule has 1 aromatic heterocycles. The minimum Gasteiger partial charge on any atom is -0.373 e. The van der Waals surface area contributed by atoms with E-state index in [0.717, 1.165) is 0 Å². The van der Waals surface area contributed by atoms with Gasteiger partial charge in [-0.3, -0.25) is 4.79 Å². The first-order valence-electron chi connectivity index (χ1n) is 6.37. The average molecular weight is 273 g/mol. The Balaban J connectivity index is 2.28. The number of pyridine rings is 1. The van der Waals surface area contributed by atoms with Crippen LogP contribution in [0.15, 0.2) is 42.6 Å². The molecule has 4 nitrogen and oxygen atoms in total. The summed E-state index contributed by atoms with van der Waals surface area (Å²) in [5, 5.41) is 2.89. The van der Waals surface area contributed by atoms with Crippen LogP contribution in [-0.2, 0) is 0 Å². The molecule has 0 spiro atoms. The third-order valence-electron chi connectivity index (χ3n) is 2.95. The van der Waals surface area contributed by atoms with Crippen molar-refractivity contribution < 1.29 is 9.18 Å². The van der Waals surface area contributed by atoms with E-state index in [-0.39, 0.29) is 11.7 Å². The number of amides is 1. The highest BCUT2D eigenvalue weighted by Crippen LogP contribution is 2.18. The fourth-order valence-corrected chi connectivity index (χ4v) is 1.91. The second-order valence-corrected chi connectivity index (χ2v) is 4.21. The van der Waals surface area contributed by atoms with Gasteiger partial charge in [-0.05, 0) is 37.3 Å². The molecule has 0 saturated heterocycles. The monoisotopic (exact) mass is 273 g/mol. The zero-order chi connectivity index (χ0) is 14.5. The highest BCUT2D eigenvalue weighted by atomic mass is 19.1. The maximum Gasteiger partial charge on any atom is 0.259 e. The first-order chi connectivity index (χ1) is 9.65. The molecular formula is C15H16FN3O. The molecule has 0 bridgehead atoms. The number of anilines is 2. The van der Waals surface area contributed by atoms with Crippen molar-refractivity contribution in [3.63, 3.8) is 0 Å².